The first-order valence-corrected chi connectivity index (χ1v) is 8.57. The lowest BCUT2D eigenvalue weighted by Gasteiger charge is -2.16. The van der Waals surface area contributed by atoms with E-state index in [0.29, 0.717) is 12.6 Å². The number of aliphatic imine (C=N–C) groups is 1. The summed E-state index contributed by atoms with van der Waals surface area (Å²) in [5.41, 5.74) is 2.48. The Kier molecular flexibility index (Phi) is 5.66. The fourth-order valence-corrected chi connectivity index (χ4v) is 2.84. The van der Waals surface area contributed by atoms with Crippen molar-refractivity contribution in [2.24, 2.45) is 4.99 Å². The highest BCUT2D eigenvalue weighted by atomic mass is 15.2. The second-order valence-corrected chi connectivity index (χ2v) is 6.03. The predicted octanol–water partition coefficient (Wildman–Crippen LogP) is 2.71. The van der Waals surface area contributed by atoms with E-state index < -0.39 is 0 Å². The molecule has 1 aliphatic carbocycles. The molecule has 0 aliphatic heterocycles. The molecular weight excluding hydrogens is 298 g/mol. The summed E-state index contributed by atoms with van der Waals surface area (Å²) in [5.74, 6) is 0.895. The highest BCUT2D eigenvalue weighted by Crippen LogP contribution is 2.10. The lowest BCUT2D eigenvalue weighted by molar-refractivity contribution is 0.633. The summed E-state index contributed by atoms with van der Waals surface area (Å²) in [6.45, 7) is 4.47. The number of nitrogens with one attached hydrogen (secondary N) is 2. The fraction of sp³-hybridized carbons (Fsp3) is 0.368. The van der Waals surface area contributed by atoms with Gasteiger partial charge in [-0.2, -0.15) is 0 Å². The third-order valence-electron chi connectivity index (χ3n) is 4.03. The Morgan fingerprint density at radius 1 is 1.29 bits per heavy atom. The molecule has 5 nitrogen and oxygen atoms in total. The van der Waals surface area contributed by atoms with E-state index in [2.05, 4.69) is 63.5 Å². The van der Waals surface area contributed by atoms with Crippen molar-refractivity contribution in [3.8, 4) is 0 Å². The summed E-state index contributed by atoms with van der Waals surface area (Å²) in [6.07, 6.45) is 12.2. The second kappa shape index (κ2) is 8.34. The van der Waals surface area contributed by atoms with Gasteiger partial charge in [-0.05, 0) is 30.9 Å². The molecule has 1 aromatic heterocycles. The maximum atomic E-state index is 4.73. The first kappa shape index (κ1) is 16.3. The Morgan fingerprint density at radius 3 is 2.88 bits per heavy atom. The van der Waals surface area contributed by atoms with E-state index in [4.69, 9.17) is 4.99 Å². The third-order valence-corrected chi connectivity index (χ3v) is 4.03. The van der Waals surface area contributed by atoms with E-state index in [1.807, 2.05) is 12.5 Å². The van der Waals surface area contributed by atoms with Gasteiger partial charge in [-0.15, -0.1) is 0 Å². The number of guanidine groups is 1. The number of imidazole rings is 1. The van der Waals surface area contributed by atoms with Crippen LogP contribution in [0.15, 0.2) is 60.1 Å². The number of aromatic nitrogens is 2. The first-order valence-electron chi connectivity index (χ1n) is 8.57. The molecule has 1 aromatic carbocycles. The van der Waals surface area contributed by atoms with Crippen molar-refractivity contribution >= 4 is 5.96 Å². The molecular formula is C19H25N5. The normalized spacial score (nSPS) is 15.0. The van der Waals surface area contributed by atoms with Crippen molar-refractivity contribution in [3.05, 3.63) is 66.3 Å². The smallest absolute Gasteiger partial charge is 0.191 e. The molecule has 2 aromatic rings. The average molecular weight is 323 g/mol. The highest BCUT2D eigenvalue weighted by molar-refractivity contribution is 5.80. The van der Waals surface area contributed by atoms with Crippen LogP contribution in [-0.2, 0) is 13.1 Å². The van der Waals surface area contributed by atoms with E-state index in [-0.39, 0.29) is 0 Å². The first-order chi connectivity index (χ1) is 11.8. The maximum Gasteiger partial charge on any atom is 0.191 e. The Bertz CT molecular complexity index is 680. The van der Waals surface area contributed by atoms with E-state index in [1.54, 1.807) is 6.20 Å². The number of hydrogen-bond acceptors (Lipinski definition) is 2. The van der Waals surface area contributed by atoms with Gasteiger partial charge >= 0.3 is 0 Å². The van der Waals surface area contributed by atoms with Crippen molar-refractivity contribution in [3.63, 3.8) is 0 Å². The van der Waals surface area contributed by atoms with Crippen LogP contribution in [0.5, 0.6) is 0 Å². The molecule has 0 atom stereocenters. The van der Waals surface area contributed by atoms with Gasteiger partial charge in [-0.1, -0.05) is 36.4 Å². The Hall–Kier alpha value is -2.56. The number of benzene rings is 1. The zero-order valence-corrected chi connectivity index (χ0v) is 14.2. The molecule has 1 heterocycles. The van der Waals surface area contributed by atoms with Crippen molar-refractivity contribution in [2.75, 3.05) is 6.54 Å². The minimum absolute atomic E-state index is 0.468. The highest BCUT2D eigenvalue weighted by Gasteiger charge is 2.11. The van der Waals surface area contributed by atoms with Crippen LogP contribution < -0.4 is 10.6 Å². The van der Waals surface area contributed by atoms with Crippen molar-refractivity contribution < 1.29 is 0 Å². The van der Waals surface area contributed by atoms with Crippen LogP contribution >= 0.6 is 0 Å². The maximum absolute atomic E-state index is 4.73. The summed E-state index contributed by atoms with van der Waals surface area (Å²) < 4.78 is 2.07. The van der Waals surface area contributed by atoms with E-state index in [1.165, 1.54) is 11.1 Å². The molecule has 1 aliphatic rings. The van der Waals surface area contributed by atoms with Gasteiger partial charge in [-0.25, -0.2) is 9.98 Å². The summed E-state index contributed by atoms with van der Waals surface area (Å²) in [4.78, 5) is 8.82. The Morgan fingerprint density at radius 2 is 2.12 bits per heavy atom. The molecule has 0 amide bonds. The molecule has 0 unspecified atom stereocenters. The molecule has 0 bridgehead atoms. The van der Waals surface area contributed by atoms with Gasteiger partial charge in [0.15, 0.2) is 5.96 Å². The van der Waals surface area contributed by atoms with Gasteiger partial charge in [0, 0.05) is 31.5 Å². The van der Waals surface area contributed by atoms with Gasteiger partial charge in [0.1, 0.15) is 0 Å². The van der Waals surface area contributed by atoms with Crippen molar-refractivity contribution in [2.45, 2.75) is 38.9 Å². The Balaban J connectivity index is 1.62. The quantitative estimate of drug-likeness (QED) is 0.488. The zero-order chi connectivity index (χ0) is 16.6. The van der Waals surface area contributed by atoms with Gasteiger partial charge in [-0.3, -0.25) is 0 Å². The average Bonchev–Trinajstić information content (AvgIpc) is 3.27. The second-order valence-electron chi connectivity index (χ2n) is 6.03. The van der Waals surface area contributed by atoms with Gasteiger partial charge < -0.3 is 15.2 Å². The summed E-state index contributed by atoms with van der Waals surface area (Å²) in [6, 6.07) is 9.04. The van der Waals surface area contributed by atoms with E-state index >= 15 is 0 Å². The molecule has 0 spiro atoms. The molecule has 0 saturated carbocycles. The van der Waals surface area contributed by atoms with Crippen LogP contribution in [0.2, 0.25) is 0 Å². The van der Waals surface area contributed by atoms with Crippen LogP contribution in [-0.4, -0.2) is 28.1 Å². The van der Waals surface area contributed by atoms with Crippen LogP contribution in [0.25, 0.3) is 0 Å². The van der Waals surface area contributed by atoms with Gasteiger partial charge in [0.25, 0.3) is 0 Å². The van der Waals surface area contributed by atoms with Gasteiger partial charge in [0.2, 0.25) is 0 Å². The lowest BCUT2D eigenvalue weighted by Crippen LogP contribution is -2.42. The largest absolute Gasteiger partial charge is 0.357 e. The molecule has 24 heavy (non-hydrogen) atoms. The zero-order valence-electron chi connectivity index (χ0n) is 14.2. The molecule has 5 heteroatoms. The van der Waals surface area contributed by atoms with Crippen molar-refractivity contribution in [1.29, 1.82) is 0 Å². The summed E-state index contributed by atoms with van der Waals surface area (Å²) in [7, 11) is 0. The van der Waals surface area contributed by atoms with Crippen LogP contribution in [0, 0.1) is 0 Å². The molecule has 0 fully saturated rings. The standard InChI is InChI=1S/C19H25N5/c1-2-21-19(23-18-8-3-4-9-18)22-13-16-6-5-7-17(12-16)14-24-11-10-20-15-24/h3-7,10-12,15,18H,2,8-9,13-14H2,1H3,(H2,21,22,23). The number of rotatable bonds is 6. The molecule has 3 rings (SSSR count). The minimum Gasteiger partial charge on any atom is -0.357 e. The number of hydrogen-bond donors (Lipinski definition) is 2. The molecule has 0 saturated heterocycles. The predicted molar refractivity (Wildman–Crippen MR) is 97.9 cm³/mol. The van der Waals surface area contributed by atoms with Crippen LogP contribution in [0.4, 0.5) is 0 Å². The monoisotopic (exact) mass is 323 g/mol. The van der Waals surface area contributed by atoms with E-state index in [0.717, 1.165) is 31.9 Å². The minimum atomic E-state index is 0.468. The van der Waals surface area contributed by atoms with Crippen LogP contribution in [0.1, 0.15) is 30.9 Å². The SMILES string of the molecule is CCNC(=NCc1cccc(Cn2ccnc2)c1)NC1CC=CC1. The summed E-state index contributed by atoms with van der Waals surface area (Å²) in [5, 5.41) is 6.83. The molecule has 126 valence electrons. The molecule has 0 radical (unpaired) electrons. The Labute approximate surface area is 143 Å². The van der Waals surface area contributed by atoms with Gasteiger partial charge in [0.05, 0.1) is 12.9 Å². The fourth-order valence-electron chi connectivity index (χ4n) is 2.84. The van der Waals surface area contributed by atoms with Crippen LogP contribution in [0.3, 0.4) is 0 Å². The summed E-state index contributed by atoms with van der Waals surface area (Å²) >= 11 is 0. The topological polar surface area (TPSA) is 54.2 Å². The van der Waals surface area contributed by atoms with E-state index in [9.17, 15) is 0 Å². The third kappa shape index (κ3) is 4.72. The van der Waals surface area contributed by atoms with Crippen molar-refractivity contribution in [1.82, 2.24) is 20.2 Å². The molecule has 2 N–H and O–H groups in total. The number of nitrogens with zero attached hydrogens (tertiary/aromatic N) is 3. The lowest BCUT2D eigenvalue weighted by atomic mass is 10.1.